The topological polar surface area (TPSA) is 109 Å². The van der Waals surface area contributed by atoms with Gasteiger partial charge in [-0.2, -0.15) is 0 Å². The Labute approximate surface area is 125 Å². The van der Waals surface area contributed by atoms with E-state index in [1.807, 2.05) is 0 Å². The molecule has 0 aliphatic carbocycles. The third-order valence-electron chi connectivity index (χ3n) is 3.01. The summed E-state index contributed by atoms with van der Waals surface area (Å²) in [6, 6.07) is 6.25. The molecule has 0 aliphatic heterocycles. The number of amides is 1. The van der Waals surface area contributed by atoms with E-state index < -0.39 is 30.2 Å². The molecule has 0 aliphatic rings. The Balaban J connectivity index is 2.16. The van der Waals surface area contributed by atoms with Crippen molar-refractivity contribution in [3.63, 3.8) is 0 Å². The Kier molecular flexibility index (Phi) is 4.45. The smallest absolute Gasteiger partial charge is 0.336 e. The molecule has 116 valence electrons. The van der Waals surface area contributed by atoms with Crippen LogP contribution >= 0.6 is 0 Å². The molecule has 2 aromatic rings. The van der Waals surface area contributed by atoms with Crippen LogP contribution in [0.15, 0.2) is 33.5 Å². The Morgan fingerprint density at radius 2 is 2.09 bits per heavy atom. The SMILES string of the molecule is Cc1cc(=O)oc2cc(O[C@H](C)C(=O)NCC(=O)[O-])ccc12. The molecule has 7 heteroatoms. The van der Waals surface area contributed by atoms with Gasteiger partial charge in [-0.15, -0.1) is 0 Å². The number of aliphatic carboxylic acids is 1. The number of fused-ring (bicyclic) bond motifs is 1. The lowest BCUT2D eigenvalue weighted by Gasteiger charge is -2.15. The van der Waals surface area contributed by atoms with Gasteiger partial charge in [-0.1, -0.05) is 0 Å². The summed E-state index contributed by atoms with van der Waals surface area (Å²) < 4.78 is 10.5. The van der Waals surface area contributed by atoms with Crippen molar-refractivity contribution >= 4 is 22.8 Å². The molecule has 1 heterocycles. The standard InChI is InChI=1S/C15H15NO6/c1-8-5-14(19)22-12-6-10(3-4-11(8)12)21-9(2)15(20)16-7-13(17)18/h3-6,9H,7H2,1-2H3,(H,16,20)(H,17,18)/p-1/t9-/m1/s1. The lowest BCUT2D eigenvalue weighted by molar-refractivity contribution is -0.304. The number of ether oxygens (including phenoxy) is 1. The first-order valence-corrected chi connectivity index (χ1v) is 6.55. The van der Waals surface area contributed by atoms with Gasteiger partial charge >= 0.3 is 5.63 Å². The fourth-order valence-corrected chi connectivity index (χ4v) is 1.94. The predicted molar refractivity (Wildman–Crippen MR) is 75.3 cm³/mol. The average Bonchev–Trinajstić information content (AvgIpc) is 2.43. The number of hydrogen-bond donors (Lipinski definition) is 1. The first kappa shape index (κ1) is 15.6. The highest BCUT2D eigenvalue weighted by molar-refractivity contribution is 5.84. The van der Waals surface area contributed by atoms with E-state index >= 15 is 0 Å². The van der Waals surface area contributed by atoms with Crippen LogP contribution in [0.2, 0.25) is 0 Å². The van der Waals surface area contributed by atoms with Gasteiger partial charge in [-0.25, -0.2) is 4.79 Å². The van der Waals surface area contributed by atoms with Crippen LogP contribution in [0.1, 0.15) is 12.5 Å². The summed E-state index contributed by atoms with van der Waals surface area (Å²) >= 11 is 0. The van der Waals surface area contributed by atoms with Gasteiger partial charge in [0.2, 0.25) is 0 Å². The second kappa shape index (κ2) is 6.30. The van der Waals surface area contributed by atoms with E-state index in [-0.39, 0.29) is 0 Å². The van der Waals surface area contributed by atoms with Crippen molar-refractivity contribution < 1.29 is 23.8 Å². The lowest BCUT2D eigenvalue weighted by atomic mass is 10.1. The van der Waals surface area contributed by atoms with Crippen LogP contribution in [0, 0.1) is 6.92 Å². The highest BCUT2D eigenvalue weighted by Crippen LogP contribution is 2.22. The van der Waals surface area contributed by atoms with Crippen LogP contribution < -0.4 is 20.8 Å². The molecule has 0 fully saturated rings. The Morgan fingerprint density at radius 1 is 1.36 bits per heavy atom. The molecule has 0 bridgehead atoms. The third kappa shape index (κ3) is 3.63. The number of nitrogens with one attached hydrogen (secondary N) is 1. The molecular formula is C15H14NO6-. The number of benzene rings is 1. The number of carbonyl (C=O) groups excluding carboxylic acids is 2. The molecule has 1 N–H and O–H groups in total. The Bertz CT molecular complexity index is 779. The van der Waals surface area contributed by atoms with Crippen LogP contribution in [-0.4, -0.2) is 24.5 Å². The molecule has 0 saturated heterocycles. The molecule has 0 unspecified atom stereocenters. The zero-order valence-electron chi connectivity index (χ0n) is 12.0. The molecule has 1 aromatic heterocycles. The van der Waals surface area contributed by atoms with E-state index in [1.54, 1.807) is 19.1 Å². The van der Waals surface area contributed by atoms with E-state index in [4.69, 9.17) is 9.15 Å². The Morgan fingerprint density at radius 3 is 2.77 bits per heavy atom. The van der Waals surface area contributed by atoms with Gasteiger partial charge in [0.15, 0.2) is 6.10 Å². The molecule has 1 amide bonds. The average molecular weight is 304 g/mol. The van der Waals surface area contributed by atoms with Gasteiger partial charge in [0.1, 0.15) is 11.3 Å². The van der Waals surface area contributed by atoms with Gasteiger partial charge < -0.3 is 24.4 Å². The van der Waals surface area contributed by atoms with Gasteiger partial charge in [-0.3, -0.25) is 4.79 Å². The summed E-state index contributed by atoms with van der Waals surface area (Å²) in [5, 5.41) is 13.2. The maximum absolute atomic E-state index is 11.6. The highest BCUT2D eigenvalue weighted by atomic mass is 16.5. The van der Waals surface area contributed by atoms with Gasteiger partial charge in [0.25, 0.3) is 5.91 Å². The maximum atomic E-state index is 11.6. The minimum atomic E-state index is -1.39. The number of carbonyl (C=O) groups is 2. The summed E-state index contributed by atoms with van der Waals surface area (Å²) in [6.45, 7) is 2.68. The molecule has 1 atom stereocenters. The van der Waals surface area contributed by atoms with Crippen molar-refractivity contribution in [3.8, 4) is 5.75 Å². The van der Waals surface area contributed by atoms with E-state index in [2.05, 4.69) is 5.32 Å². The van der Waals surface area contributed by atoms with E-state index in [9.17, 15) is 19.5 Å². The zero-order chi connectivity index (χ0) is 16.3. The molecule has 1 aromatic carbocycles. The molecule has 2 rings (SSSR count). The summed E-state index contributed by atoms with van der Waals surface area (Å²) in [5.41, 5.74) is 0.657. The van der Waals surface area contributed by atoms with Crippen molar-refractivity contribution in [1.82, 2.24) is 5.32 Å². The second-order valence-corrected chi connectivity index (χ2v) is 4.76. The Hall–Kier alpha value is -2.83. The molecule has 7 nitrogen and oxygen atoms in total. The van der Waals surface area contributed by atoms with E-state index in [1.165, 1.54) is 19.1 Å². The largest absolute Gasteiger partial charge is 0.548 e. The van der Waals surface area contributed by atoms with Crippen molar-refractivity contribution in [2.75, 3.05) is 6.54 Å². The first-order valence-electron chi connectivity index (χ1n) is 6.55. The first-order chi connectivity index (χ1) is 10.4. The van der Waals surface area contributed by atoms with Crippen molar-refractivity contribution in [3.05, 3.63) is 40.2 Å². The van der Waals surface area contributed by atoms with Gasteiger partial charge in [0, 0.05) is 17.5 Å². The van der Waals surface area contributed by atoms with E-state index in [0.29, 0.717) is 11.3 Å². The molecular weight excluding hydrogens is 290 g/mol. The predicted octanol–water partition coefficient (Wildman–Crippen LogP) is -0.265. The van der Waals surface area contributed by atoms with Crippen LogP contribution in [0.3, 0.4) is 0 Å². The minimum Gasteiger partial charge on any atom is -0.548 e. The quantitative estimate of drug-likeness (QED) is 0.762. The van der Waals surface area contributed by atoms with Crippen LogP contribution in [0.4, 0.5) is 0 Å². The molecule has 0 radical (unpaired) electrons. The van der Waals surface area contributed by atoms with Crippen molar-refractivity contribution in [2.45, 2.75) is 20.0 Å². The summed E-state index contributed by atoms with van der Waals surface area (Å²) in [4.78, 5) is 33.3. The van der Waals surface area contributed by atoms with Crippen LogP contribution in [0.25, 0.3) is 11.0 Å². The van der Waals surface area contributed by atoms with Crippen LogP contribution in [0.5, 0.6) is 5.75 Å². The van der Waals surface area contributed by atoms with Crippen molar-refractivity contribution in [1.29, 1.82) is 0 Å². The molecule has 22 heavy (non-hydrogen) atoms. The van der Waals surface area contributed by atoms with Gasteiger partial charge in [0.05, 0.1) is 12.5 Å². The number of rotatable bonds is 5. The zero-order valence-corrected chi connectivity index (χ0v) is 12.0. The maximum Gasteiger partial charge on any atom is 0.336 e. The lowest BCUT2D eigenvalue weighted by Crippen LogP contribution is -2.43. The van der Waals surface area contributed by atoms with Crippen LogP contribution in [-0.2, 0) is 9.59 Å². The fraction of sp³-hybridized carbons (Fsp3) is 0.267. The highest BCUT2D eigenvalue weighted by Gasteiger charge is 2.15. The van der Waals surface area contributed by atoms with E-state index in [0.717, 1.165) is 10.9 Å². The summed E-state index contributed by atoms with van der Waals surface area (Å²) in [5.74, 6) is -1.64. The number of carboxylic acids is 1. The number of hydrogen-bond acceptors (Lipinski definition) is 6. The summed E-state index contributed by atoms with van der Waals surface area (Å²) in [6.07, 6.45) is -0.909. The van der Waals surface area contributed by atoms with Gasteiger partial charge in [-0.05, 0) is 31.5 Å². The summed E-state index contributed by atoms with van der Waals surface area (Å²) in [7, 11) is 0. The minimum absolute atomic E-state index is 0.331. The monoisotopic (exact) mass is 304 g/mol. The number of aryl methyl sites for hydroxylation is 1. The fourth-order valence-electron chi connectivity index (χ4n) is 1.94. The molecule has 0 saturated carbocycles. The normalized spacial score (nSPS) is 11.9. The molecule has 0 spiro atoms. The number of carboxylic acid groups (broad SMARTS) is 1. The van der Waals surface area contributed by atoms with Crippen molar-refractivity contribution in [2.24, 2.45) is 0 Å². The second-order valence-electron chi connectivity index (χ2n) is 4.76. The third-order valence-corrected chi connectivity index (χ3v) is 3.01.